The van der Waals surface area contributed by atoms with Crippen molar-refractivity contribution in [3.8, 4) is 5.88 Å². The van der Waals surface area contributed by atoms with Crippen LogP contribution in [0.2, 0.25) is 0 Å². The number of pyridine rings is 2. The highest BCUT2D eigenvalue weighted by molar-refractivity contribution is 9.10. The van der Waals surface area contributed by atoms with Gasteiger partial charge in [0.15, 0.2) is 6.61 Å². The van der Waals surface area contributed by atoms with E-state index in [2.05, 4.69) is 31.2 Å². The van der Waals surface area contributed by atoms with E-state index in [1.54, 1.807) is 12.1 Å². The molecule has 2 aromatic rings. The second-order valence-corrected chi connectivity index (χ2v) is 5.14. The Morgan fingerprint density at radius 1 is 1.33 bits per heavy atom. The molecule has 2 rings (SSSR count). The number of rotatable bonds is 6. The van der Waals surface area contributed by atoms with Gasteiger partial charge in [-0.15, -0.1) is 0 Å². The van der Waals surface area contributed by atoms with Gasteiger partial charge in [0, 0.05) is 22.8 Å². The second-order valence-electron chi connectivity index (χ2n) is 4.29. The molecule has 0 aliphatic heterocycles. The zero-order valence-corrected chi connectivity index (χ0v) is 12.9. The molecule has 0 fully saturated rings. The van der Waals surface area contributed by atoms with E-state index < -0.39 is 13.0 Å². The summed E-state index contributed by atoms with van der Waals surface area (Å²) in [5.74, 6) is 0.901. The summed E-state index contributed by atoms with van der Waals surface area (Å²) in [6, 6.07) is 7.22. The Labute approximate surface area is 129 Å². The quantitative estimate of drug-likeness (QED) is 0.853. The summed E-state index contributed by atoms with van der Waals surface area (Å²) in [4.78, 5) is 8.32. The van der Waals surface area contributed by atoms with Gasteiger partial charge in [-0.3, -0.25) is 0 Å². The topological polar surface area (TPSA) is 47.0 Å². The Hall–Kier alpha value is -1.76. The Morgan fingerprint density at radius 3 is 2.86 bits per heavy atom. The molecule has 1 N–H and O–H groups in total. The Kier molecular flexibility index (Phi) is 5.44. The molecule has 2 aromatic heterocycles. The molecule has 0 bridgehead atoms. The molecule has 0 spiro atoms. The number of ether oxygens (including phenoxy) is 1. The van der Waals surface area contributed by atoms with Gasteiger partial charge in [-0.1, -0.05) is 6.07 Å². The summed E-state index contributed by atoms with van der Waals surface area (Å²) < 4.78 is 30.3. The van der Waals surface area contributed by atoms with E-state index in [-0.39, 0.29) is 5.88 Å². The van der Waals surface area contributed by atoms with Gasteiger partial charge < -0.3 is 10.1 Å². The first kappa shape index (κ1) is 15.6. The average Bonchev–Trinajstić information content (AvgIpc) is 2.47. The van der Waals surface area contributed by atoms with Crippen LogP contribution in [0.1, 0.15) is 11.3 Å². The van der Waals surface area contributed by atoms with Crippen molar-refractivity contribution in [2.24, 2.45) is 0 Å². The monoisotopic (exact) mass is 357 g/mol. The van der Waals surface area contributed by atoms with Gasteiger partial charge in [0.25, 0.3) is 6.43 Å². The highest BCUT2D eigenvalue weighted by Gasteiger charge is 2.09. The van der Waals surface area contributed by atoms with E-state index in [1.165, 1.54) is 6.20 Å². The third-order valence-corrected chi connectivity index (χ3v) is 3.52. The van der Waals surface area contributed by atoms with Crippen molar-refractivity contribution in [2.45, 2.75) is 19.9 Å². The highest BCUT2D eigenvalue weighted by atomic mass is 79.9. The maximum absolute atomic E-state index is 12.2. The van der Waals surface area contributed by atoms with E-state index in [0.717, 1.165) is 10.2 Å². The average molecular weight is 358 g/mol. The first-order chi connectivity index (χ1) is 10.1. The van der Waals surface area contributed by atoms with Crippen LogP contribution in [0.25, 0.3) is 0 Å². The van der Waals surface area contributed by atoms with Crippen LogP contribution in [-0.4, -0.2) is 23.0 Å². The molecule has 0 aromatic carbocycles. The van der Waals surface area contributed by atoms with Crippen LogP contribution in [0.4, 0.5) is 14.6 Å². The van der Waals surface area contributed by atoms with Gasteiger partial charge in [-0.25, -0.2) is 18.7 Å². The van der Waals surface area contributed by atoms with E-state index in [4.69, 9.17) is 4.74 Å². The summed E-state index contributed by atoms with van der Waals surface area (Å²) >= 11 is 3.38. The fourth-order valence-corrected chi connectivity index (χ4v) is 1.88. The molecule has 0 saturated carbocycles. The number of aryl methyl sites for hydroxylation is 1. The summed E-state index contributed by atoms with van der Waals surface area (Å²) in [6.45, 7) is 1.61. The summed E-state index contributed by atoms with van der Waals surface area (Å²) in [5, 5.41) is 3.12. The summed E-state index contributed by atoms with van der Waals surface area (Å²) in [6.07, 6.45) is -1.02. The maximum atomic E-state index is 12.2. The molecule has 0 atom stereocenters. The second kappa shape index (κ2) is 7.31. The standard InChI is InChI=1S/C14H14BrF2N3O/c1-9-11(15)4-5-13(20-9)19-7-10-3-2-6-18-14(10)21-8-12(16)17/h2-6,12H,7-8H2,1H3,(H,19,20). The lowest BCUT2D eigenvalue weighted by atomic mass is 10.2. The first-order valence-electron chi connectivity index (χ1n) is 6.28. The van der Waals surface area contributed by atoms with Crippen molar-refractivity contribution < 1.29 is 13.5 Å². The van der Waals surface area contributed by atoms with Gasteiger partial charge in [0.05, 0.1) is 5.69 Å². The van der Waals surface area contributed by atoms with Crippen molar-refractivity contribution in [3.63, 3.8) is 0 Å². The predicted octanol–water partition coefficient (Wildman–Crippen LogP) is 3.80. The summed E-state index contributed by atoms with van der Waals surface area (Å²) in [7, 11) is 0. The molecule has 0 unspecified atom stereocenters. The van der Waals surface area contributed by atoms with Crippen molar-refractivity contribution in [1.82, 2.24) is 9.97 Å². The Morgan fingerprint density at radius 2 is 2.14 bits per heavy atom. The number of alkyl halides is 2. The first-order valence-corrected chi connectivity index (χ1v) is 7.07. The van der Waals surface area contributed by atoms with Crippen molar-refractivity contribution >= 4 is 21.7 Å². The zero-order valence-electron chi connectivity index (χ0n) is 11.3. The van der Waals surface area contributed by atoms with Crippen molar-refractivity contribution in [2.75, 3.05) is 11.9 Å². The fourth-order valence-electron chi connectivity index (χ4n) is 1.66. The molecule has 0 radical (unpaired) electrons. The number of hydrogen-bond acceptors (Lipinski definition) is 4. The maximum Gasteiger partial charge on any atom is 0.272 e. The molecular formula is C14H14BrF2N3O. The van der Waals surface area contributed by atoms with Crippen LogP contribution in [0, 0.1) is 6.92 Å². The number of aromatic nitrogens is 2. The number of nitrogens with zero attached hydrogens (tertiary/aromatic N) is 2. The van der Waals surface area contributed by atoms with Crippen LogP contribution < -0.4 is 10.1 Å². The number of hydrogen-bond donors (Lipinski definition) is 1. The van der Waals surface area contributed by atoms with Crippen LogP contribution >= 0.6 is 15.9 Å². The van der Waals surface area contributed by atoms with Crippen molar-refractivity contribution in [1.29, 1.82) is 0 Å². The molecule has 2 heterocycles. The molecule has 4 nitrogen and oxygen atoms in total. The minimum absolute atomic E-state index is 0.208. The fraction of sp³-hybridized carbons (Fsp3) is 0.286. The van der Waals surface area contributed by atoms with E-state index >= 15 is 0 Å². The summed E-state index contributed by atoms with van der Waals surface area (Å²) in [5.41, 5.74) is 1.56. The molecule has 0 aliphatic carbocycles. The van der Waals surface area contributed by atoms with Crippen LogP contribution in [0.5, 0.6) is 5.88 Å². The number of anilines is 1. The van der Waals surface area contributed by atoms with Gasteiger partial charge in [-0.05, 0) is 41.1 Å². The molecule has 0 saturated heterocycles. The van der Waals surface area contributed by atoms with Gasteiger partial charge in [0.1, 0.15) is 5.82 Å². The predicted molar refractivity (Wildman–Crippen MR) is 79.7 cm³/mol. The minimum atomic E-state index is -2.52. The van der Waals surface area contributed by atoms with E-state index in [9.17, 15) is 8.78 Å². The Balaban J connectivity index is 2.03. The van der Waals surface area contributed by atoms with Gasteiger partial charge in [0.2, 0.25) is 5.88 Å². The van der Waals surface area contributed by atoms with Crippen LogP contribution in [-0.2, 0) is 6.54 Å². The highest BCUT2D eigenvalue weighted by Crippen LogP contribution is 2.19. The van der Waals surface area contributed by atoms with E-state index in [0.29, 0.717) is 17.9 Å². The molecule has 0 amide bonds. The SMILES string of the molecule is Cc1nc(NCc2cccnc2OCC(F)F)ccc1Br. The lowest BCUT2D eigenvalue weighted by Crippen LogP contribution is -2.11. The number of halogens is 3. The molecule has 21 heavy (non-hydrogen) atoms. The molecule has 0 aliphatic rings. The molecular weight excluding hydrogens is 344 g/mol. The lowest BCUT2D eigenvalue weighted by molar-refractivity contribution is 0.0791. The molecule has 7 heteroatoms. The van der Waals surface area contributed by atoms with Crippen LogP contribution in [0.3, 0.4) is 0 Å². The lowest BCUT2D eigenvalue weighted by Gasteiger charge is -2.11. The van der Waals surface area contributed by atoms with Gasteiger partial charge in [-0.2, -0.15) is 0 Å². The third kappa shape index (κ3) is 4.63. The third-order valence-electron chi connectivity index (χ3n) is 2.68. The molecule has 112 valence electrons. The Bertz CT molecular complexity index is 611. The zero-order chi connectivity index (χ0) is 15.2. The number of nitrogens with one attached hydrogen (secondary N) is 1. The van der Waals surface area contributed by atoms with E-state index in [1.807, 2.05) is 19.1 Å². The normalized spacial score (nSPS) is 10.7. The van der Waals surface area contributed by atoms with Gasteiger partial charge >= 0.3 is 0 Å². The largest absolute Gasteiger partial charge is 0.471 e. The van der Waals surface area contributed by atoms with Crippen LogP contribution in [0.15, 0.2) is 34.9 Å². The smallest absolute Gasteiger partial charge is 0.272 e. The van der Waals surface area contributed by atoms with Crippen molar-refractivity contribution in [3.05, 3.63) is 46.2 Å². The minimum Gasteiger partial charge on any atom is -0.471 e.